The smallest absolute Gasteiger partial charge is 0.0223 e. The Bertz CT molecular complexity index is 254. The molecule has 0 aliphatic carbocycles. The first kappa shape index (κ1) is 15.3. The van der Waals surface area contributed by atoms with Crippen molar-refractivity contribution in [2.24, 2.45) is 17.8 Å². The molecule has 1 unspecified atom stereocenters. The molecule has 2 fully saturated rings. The van der Waals surface area contributed by atoms with Crippen molar-refractivity contribution in [3.8, 4) is 0 Å². The summed E-state index contributed by atoms with van der Waals surface area (Å²) in [6.45, 7) is 16.3. The van der Waals surface area contributed by atoms with Gasteiger partial charge in [0.2, 0.25) is 0 Å². The van der Waals surface area contributed by atoms with Gasteiger partial charge in [0.05, 0.1) is 0 Å². The van der Waals surface area contributed by atoms with Crippen molar-refractivity contribution in [1.82, 2.24) is 9.80 Å². The van der Waals surface area contributed by atoms with Crippen LogP contribution in [0.5, 0.6) is 0 Å². The lowest BCUT2D eigenvalue weighted by molar-refractivity contribution is 0.116. The molecule has 1 atom stereocenters. The number of hydrogen-bond donors (Lipinski definition) is 0. The minimum Gasteiger partial charge on any atom is -0.301 e. The Morgan fingerprint density at radius 2 is 1.58 bits per heavy atom. The summed E-state index contributed by atoms with van der Waals surface area (Å²) in [5.74, 6) is 2.48. The van der Waals surface area contributed by atoms with Gasteiger partial charge in [0, 0.05) is 19.1 Å². The van der Waals surface area contributed by atoms with Gasteiger partial charge in [0.1, 0.15) is 0 Å². The molecule has 0 aromatic heterocycles. The lowest BCUT2D eigenvalue weighted by Gasteiger charge is -2.37. The topological polar surface area (TPSA) is 6.48 Å². The summed E-state index contributed by atoms with van der Waals surface area (Å²) >= 11 is 0. The largest absolute Gasteiger partial charge is 0.301 e. The van der Waals surface area contributed by atoms with E-state index < -0.39 is 0 Å². The molecular formula is C17H34N2. The molecular weight excluding hydrogens is 232 g/mol. The number of hydrogen-bond acceptors (Lipinski definition) is 2. The highest BCUT2D eigenvalue weighted by atomic mass is 15.2. The second kappa shape index (κ2) is 7.08. The van der Waals surface area contributed by atoms with E-state index in [0.29, 0.717) is 0 Å². The Labute approximate surface area is 120 Å². The first-order chi connectivity index (χ1) is 9.08. The fourth-order valence-electron chi connectivity index (χ4n) is 4.10. The SMILES string of the molecule is CC(C)C(CN1CCCN2CCCCC2C1)C(C)C. The van der Waals surface area contributed by atoms with Crippen LogP contribution in [0.1, 0.15) is 53.4 Å². The molecule has 0 amide bonds. The molecule has 0 radical (unpaired) electrons. The van der Waals surface area contributed by atoms with Crippen LogP contribution >= 0.6 is 0 Å². The van der Waals surface area contributed by atoms with Crippen LogP contribution in [0.2, 0.25) is 0 Å². The summed E-state index contributed by atoms with van der Waals surface area (Å²) in [5.41, 5.74) is 0. The van der Waals surface area contributed by atoms with E-state index in [0.717, 1.165) is 23.8 Å². The highest BCUT2D eigenvalue weighted by Gasteiger charge is 2.29. The first-order valence-electron chi connectivity index (χ1n) is 8.54. The van der Waals surface area contributed by atoms with Gasteiger partial charge in [0.25, 0.3) is 0 Å². The van der Waals surface area contributed by atoms with Crippen LogP contribution in [0.15, 0.2) is 0 Å². The third kappa shape index (κ3) is 4.19. The van der Waals surface area contributed by atoms with E-state index in [2.05, 4.69) is 37.5 Å². The summed E-state index contributed by atoms with van der Waals surface area (Å²) in [6.07, 6.45) is 5.69. The van der Waals surface area contributed by atoms with E-state index in [1.54, 1.807) is 0 Å². The molecule has 2 aliphatic heterocycles. The zero-order chi connectivity index (χ0) is 13.8. The van der Waals surface area contributed by atoms with Gasteiger partial charge in [-0.15, -0.1) is 0 Å². The van der Waals surface area contributed by atoms with Crippen LogP contribution in [-0.2, 0) is 0 Å². The zero-order valence-corrected chi connectivity index (χ0v) is 13.6. The van der Waals surface area contributed by atoms with Gasteiger partial charge in [0.15, 0.2) is 0 Å². The van der Waals surface area contributed by atoms with E-state index in [1.165, 1.54) is 58.4 Å². The molecule has 2 heteroatoms. The van der Waals surface area contributed by atoms with Crippen molar-refractivity contribution in [3.63, 3.8) is 0 Å². The molecule has 2 heterocycles. The predicted octanol–water partition coefficient (Wildman–Crippen LogP) is 3.47. The molecule has 0 aromatic carbocycles. The molecule has 2 rings (SSSR count). The highest BCUT2D eigenvalue weighted by molar-refractivity contribution is 4.84. The minimum absolute atomic E-state index is 0.811. The monoisotopic (exact) mass is 266 g/mol. The zero-order valence-electron chi connectivity index (χ0n) is 13.6. The summed E-state index contributed by atoms with van der Waals surface area (Å²) in [4.78, 5) is 5.55. The van der Waals surface area contributed by atoms with E-state index in [-0.39, 0.29) is 0 Å². The lowest BCUT2D eigenvalue weighted by atomic mass is 9.85. The fraction of sp³-hybridized carbons (Fsp3) is 1.00. The molecule has 19 heavy (non-hydrogen) atoms. The molecule has 2 nitrogen and oxygen atoms in total. The standard InChI is InChI=1S/C17H34N2/c1-14(2)17(15(3)4)13-18-9-7-11-19-10-6-5-8-16(19)12-18/h14-17H,5-13H2,1-4H3. The third-order valence-corrected chi connectivity index (χ3v) is 5.32. The van der Waals surface area contributed by atoms with Crippen LogP contribution in [0.4, 0.5) is 0 Å². The Morgan fingerprint density at radius 1 is 0.895 bits per heavy atom. The summed E-state index contributed by atoms with van der Waals surface area (Å²) in [6, 6.07) is 0.858. The Kier molecular flexibility index (Phi) is 5.70. The first-order valence-corrected chi connectivity index (χ1v) is 8.54. The van der Waals surface area contributed by atoms with Crippen LogP contribution in [0.3, 0.4) is 0 Å². The summed E-state index contributed by atoms with van der Waals surface area (Å²) < 4.78 is 0. The molecule has 0 N–H and O–H groups in total. The number of rotatable bonds is 4. The van der Waals surface area contributed by atoms with Crippen LogP contribution < -0.4 is 0 Å². The second-order valence-electron chi connectivity index (χ2n) is 7.45. The average molecular weight is 266 g/mol. The van der Waals surface area contributed by atoms with Crippen LogP contribution in [-0.4, -0.2) is 48.6 Å². The van der Waals surface area contributed by atoms with E-state index in [9.17, 15) is 0 Å². The van der Waals surface area contributed by atoms with Crippen molar-refractivity contribution in [1.29, 1.82) is 0 Å². The van der Waals surface area contributed by atoms with Gasteiger partial charge in [-0.3, -0.25) is 4.90 Å². The fourth-order valence-corrected chi connectivity index (χ4v) is 4.10. The maximum atomic E-state index is 2.78. The Morgan fingerprint density at radius 3 is 2.26 bits per heavy atom. The average Bonchev–Trinajstić information content (AvgIpc) is 2.56. The number of fused-ring (bicyclic) bond motifs is 1. The van der Waals surface area contributed by atoms with Gasteiger partial charge in [-0.2, -0.15) is 0 Å². The summed E-state index contributed by atoms with van der Waals surface area (Å²) in [5, 5.41) is 0. The van der Waals surface area contributed by atoms with Gasteiger partial charge in [-0.05, 0) is 56.7 Å². The van der Waals surface area contributed by atoms with E-state index >= 15 is 0 Å². The molecule has 0 spiro atoms. The van der Waals surface area contributed by atoms with Crippen LogP contribution in [0, 0.1) is 17.8 Å². The van der Waals surface area contributed by atoms with Crippen molar-refractivity contribution in [2.45, 2.75) is 59.4 Å². The van der Waals surface area contributed by atoms with Crippen molar-refractivity contribution >= 4 is 0 Å². The highest BCUT2D eigenvalue weighted by Crippen LogP contribution is 2.25. The quantitative estimate of drug-likeness (QED) is 0.769. The normalized spacial score (nSPS) is 27.0. The molecule has 0 aromatic rings. The van der Waals surface area contributed by atoms with Gasteiger partial charge in [-0.1, -0.05) is 34.1 Å². The van der Waals surface area contributed by atoms with Crippen LogP contribution in [0.25, 0.3) is 0 Å². The van der Waals surface area contributed by atoms with Gasteiger partial charge < -0.3 is 4.90 Å². The molecule has 0 saturated carbocycles. The number of piperidine rings is 1. The molecule has 2 saturated heterocycles. The Hall–Kier alpha value is -0.0800. The van der Waals surface area contributed by atoms with E-state index in [4.69, 9.17) is 0 Å². The third-order valence-electron chi connectivity index (χ3n) is 5.32. The molecule has 0 bridgehead atoms. The maximum Gasteiger partial charge on any atom is 0.0223 e. The van der Waals surface area contributed by atoms with Crippen molar-refractivity contribution < 1.29 is 0 Å². The second-order valence-corrected chi connectivity index (χ2v) is 7.45. The van der Waals surface area contributed by atoms with Crippen molar-refractivity contribution in [2.75, 3.05) is 32.7 Å². The summed E-state index contributed by atoms with van der Waals surface area (Å²) in [7, 11) is 0. The van der Waals surface area contributed by atoms with E-state index in [1.807, 2.05) is 0 Å². The molecule has 112 valence electrons. The minimum atomic E-state index is 0.811. The van der Waals surface area contributed by atoms with Crippen molar-refractivity contribution in [3.05, 3.63) is 0 Å². The molecule has 2 aliphatic rings. The Balaban J connectivity index is 1.92. The predicted molar refractivity (Wildman–Crippen MR) is 83.4 cm³/mol. The maximum absolute atomic E-state index is 2.78. The number of nitrogens with zero attached hydrogens (tertiary/aromatic N) is 2. The van der Waals surface area contributed by atoms with Gasteiger partial charge >= 0.3 is 0 Å². The van der Waals surface area contributed by atoms with Gasteiger partial charge in [-0.25, -0.2) is 0 Å². The lowest BCUT2D eigenvalue weighted by Crippen LogP contribution is -2.45.